The van der Waals surface area contributed by atoms with Crippen molar-refractivity contribution in [3.05, 3.63) is 154 Å². The third-order valence-electron chi connectivity index (χ3n) is 8.03. The Kier molecular flexibility index (Phi) is 7.73. The van der Waals surface area contributed by atoms with Gasteiger partial charge in [-0.2, -0.15) is 0 Å². The molecule has 6 N–H and O–H groups in total. The second-order valence-corrected chi connectivity index (χ2v) is 11.2. The van der Waals surface area contributed by atoms with Gasteiger partial charge in [0, 0.05) is 30.2 Å². The molecular weight excluding hydrogens is 552 g/mol. The van der Waals surface area contributed by atoms with Crippen LogP contribution in [0.5, 0.6) is 34.5 Å². The van der Waals surface area contributed by atoms with Gasteiger partial charge in [-0.3, -0.25) is 0 Å². The quantitative estimate of drug-likeness (QED) is 0.111. The van der Waals surface area contributed by atoms with Crippen LogP contribution in [0.4, 0.5) is 0 Å². The number of phenols is 6. The summed E-state index contributed by atoms with van der Waals surface area (Å²) < 4.78 is 0. The van der Waals surface area contributed by atoms with Crippen LogP contribution in [-0.4, -0.2) is 30.6 Å². The molecule has 6 aromatic rings. The van der Waals surface area contributed by atoms with Gasteiger partial charge in [0.05, 0.1) is 0 Å². The molecule has 0 fully saturated rings. The molecule has 0 amide bonds. The zero-order chi connectivity index (χ0) is 30.8. The molecule has 0 heterocycles. The molecule has 44 heavy (non-hydrogen) atoms. The van der Waals surface area contributed by atoms with Crippen LogP contribution in [0, 0.1) is 0 Å². The molecule has 0 unspecified atom stereocenters. The Labute approximate surface area is 255 Å². The van der Waals surface area contributed by atoms with E-state index in [-0.39, 0.29) is 34.5 Å². The summed E-state index contributed by atoms with van der Waals surface area (Å²) in [6.07, 6.45) is 1.63. The fourth-order valence-corrected chi connectivity index (χ4v) is 5.74. The molecule has 0 aliphatic heterocycles. The number of hydrogen-bond acceptors (Lipinski definition) is 6. The van der Waals surface area contributed by atoms with E-state index in [4.69, 9.17) is 0 Å². The fourth-order valence-electron chi connectivity index (χ4n) is 5.74. The molecule has 0 aromatic heterocycles. The minimum Gasteiger partial charge on any atom is -0.508 e. The zero-order valence-electron chi connectivity index (χ0n) is 23.9. The van der Waals surface area contributed by atoms with Gasteiger partial charge in [0.25, 0.3) is 0 Å². The van der Waals surface area contributed by atoms with Crippen molar-refractivity contribution in [3.63, 3.8) is 0 Å². The van der Waals surface area contributed by atoms with E-state index in [1.807, 2.05) is 48.5 Å². The van der Waals surface area contributed by atoms with E-state index in [0.717, 1.165) is 33.2 Å². The first kappa shape index (κ1) is 28.5. The molecule has 0 atom stereocenters. The molecule has 6 rings (SSSR count). The average molecular weight is 585 g/mol. The van der Waals surface area contributed by atoms with Gasteiger partial charge in [-0.25, -0.2) is 0 Å². The highest BCUT2D eigenvalue weighted by atomic mass is 16.3. The van der Waals surface area contributed by atoms with E-state index in [1.165, 1.54) is 0 Å². The van der Waals surface area contributed by atoms with Crippen molar-refractivity contribution in [1.29, 1.82) is 0 Å². The van der Waals surface area contributed by atoms with Crippen LogP contribution in [0.25, 0.3) is 10.8 Å². The Morgan fingerprint density at radius 1 is 0.341 bits per heavy atom. The van der Waals surface area contributed by atoms with Gasteiger partial charge < -0.3 is 30.6 Å². The standard InChI is InChI=1S/C38H32O6/c39-30-9-1-23(2-10-30)17-27-21-28(18-24-3-11-31(40)12-4-24)38(44)36-34(27)22-29(19-25-5-13-32(41)14-6-25)37(43)35(36)20-26-7-15-33(42)16-8-26/h1-16,21-22,39-44H,17-20H2. The third-order valence-corrected chi connectivity index (χ3v) is 8.03. The number of aromatic hydroxyl groups is 6. The summed E-state index contributed by atoms with van der Waals surface area (Å²) in [5.74, 6) is 0.779. The fraction of sp³-hybridized carbons (Fsp3) is 0.105. The molecule has 6 nitrogen and oxygen atoms in total. The van der Waals surface area contributed by atoms with Gasteiger partial charge in [-0.05, 0) is 105 Å². The van der Waals surface area contributed by atoms with Crippen LogP contribution < -0.4 is 0 Å². The van der Waals surface area contributed by atoms with Gasteiger partial charge in [-0.1, -0.05) is 54.6 Å². The smallest absolute Gasteiger partial charge is 0.127 e. The number of rotatable bonds is 8. The molecule has 6 heteroatoms. The van der Waals surface area contributed by atoms with E-state index >= 15 is 0 Å². The molecular formula is C38H32O6. The van der Waals surface area contributed by atoms with Crippen molar-refractivity contribution in [2.75, 3.05) is 0 Å². The maximum atomic E-state index is 11.9. The van der Waals surface area contributed by atoms with Crippen LogP contribution in [0.3, 0.4) is 0 Å². The summed E-state index contributed by atoms with van der Waals surface area (Å²) in [6.45, 7) is 0. The first-order valence-electron chi connectivity index (χ1n) is 14.4. The van der Waals surface area contributed by atoms with Gasteiger partial charge in [0.2, 0.25) is 0 Å². The Balaban J connectivity index is 1.58. The lowest BCUT2D eigenvalue weighted by Crippen LogP contribution is -2.02. The van der Waals surface area contributed by atoms with Crippen molar-refractivity contribution >= 4 is 10.8 Å². The lowest BCUT2D eigenvalue weighted by atomic mass is 9.86. The SMILES string of the molecule is Oc1ccc(Cc2cc3c(Cc4ccc(O)cc4)cc(Cc4ccc(O)cc4)c(O)c3c(Cc3ccc(O)cc3)c2O)cc1. The van der Waals surface area contributed by atoms with Crippen LogP contribution in [0.15, 0.2) is 109 Å². The molecule has 6 aromatic carbocycles. The van der Waals surface area contributed by atoms with Crippen LogP contribution in [0.1, 0.15) is 44.5 Å². The lowest BCUT2D eigenvalue weighted by Gasteiger charge is -2.20. The Morgan fingerprint density at radius 2 is 0.682 bits per heavy atom. The Hall–Kier alpha value is -5.62. The topological polar surface area (TPSA) is 121 Å². The molecule has 0 saturated carbocycles. The molecule has 0 saturated heterocycles. The number of benzene rings is 6. The van der Waals surface area contributed by atoms with E-state index in [9.17, 15) is 30.6 Å². The molecule has 0 aliphatic rings. The van der Waals surface area contributed by atoms with Crippen molar-refractivity contribution < 1.29 is 30.6 Å². The van der Waals surface area contributed by atoms with Crippen molar-refractivity contribution in [2.24, 2.45) is 0 Å². The number of fused-ring (bicyclic) bond motifs is 1. The summed E-state index contributed by atoms with van der Waals surface area (Å²) in [4.78, 5) is 0. The van der Waals surface area contributed by atoms with Gasteiger partial charge >= 0.3 is 0 Å². The lowest BCUT2D eigenvalue weighted by molar-refractivity contribution is 0.460. The first-order chi connectivity index (χ1) is 21.2. The number of hydrogen-bond donors (Lipinski definition) is 6. The summed E-state index contributed by atoms with van der Waals surface area (Å²) in [6, 6.07) is 31.4. The molecule has 0 aliphatic carbocycles. The monoisotopic (exact) mass is 584 g/mol. The number of phenolic OH excluding ortho intramolecular Hbond substituents is 6. The second kappa shape index (κ2) is 11.9. The third kappa shape index (κ3) is 6.10. The van der Waals surface area contributed by atoms with Crippen LogP contribution in [0.2, 0.25) is 0 Å². The maximum Gasteiger partial charge on any atom is 0.127 e. The Morgan fingerprint density at radius 3 is 1.09 bits per heavy atom. The normalized spacial score (nSPS) is 11.2. The summed E-state index contributed by atoms with van der Waals surface area (Å²) in [5.41, 5.74) is 6.49. The Bertz CT molecular complexity index is 1880. The predicted molar refractivity (Wildman–Crippen MR) is 171 cm³/mol. The highest BCUT2D eigenvalue weighted by molar-refractivity contribution is 5.97. The van der Waals surface area contributed by atoms with E-state index in [1.54, 1.807) is 60.7 Å². The summed E-state index contributed by atoms with van der Waals surface area (Å²) in [7, 11) is 0. The van der Waals surface area contributed by atoms with Crippen molar-refractivity contribution in [1.82, 2.24) is 0 Å². The van der Waals surface area contributed by atoms with E-state index in [0.29, 0.717) is 47.8 Å². The summed E-state index contributed by atoms with van der Waals surface area (Å²) in [5, 5.41) is 64.3. The van der Waals surface area contributed by atoms with Crippen molar-refractivity contribution in [2.45, 2.75) is 25.7 Å². The minimum absolute atomic E-state index is 0.0720. The predicted octanol–water partition coefficient (Wildman–Crippen LogP) is 7.44. The van der Waals surface area contributed by atoms with Gasteiger partial charge in [-0.15, -0.1) is 0 Å². The molecule has 0 spiro atoms. The van der Waals surface area contributed by atoms with Crippen LogP contribution >= 0.6 is 0 Å². The summed E-state index contributed by atoms with van der Waals surface area (Å²) >= 11 is 0. The van der Waals surface area contributed by atoms with Gasteiger partial charge in [0.1, 0.15) is 34.5 Å². The highest BCUT2D eigenvalue weighted by Gasteiger charge is 2.22. The van der Waals surface area contributed by atoms with E-state index in [2.05, 4.69) is 0 Å². The highest BCUT2D eigenvalue weighted by Crippen LogP contribution is 2.43. The van der Waals surface area contributed by atoms with E-state index < -0.39 is 0 Å². The average Bonchev–Trinajstić information content (AvgIpc) is 3.01. The zero-order valence-corrected chi connectivity index (χ0v) is 23.9. The first-order valence-corrected chi connectivity index (χ1v) is 14.4. The van der Waals surface area contributed by atoms with Crippen LogP contribution in [-0.2, 0) is 25.7 Å². The van der Waals surface area contributed by atoms with Crippen molar-refractivity contribution in [3.8, 4) is 34.5 Å². The second-order valence-electron chi connectivity index (χ2n) is 11.2. The minimum atomic E-state index is 0.0720. The molecule has 0 bridgehead atoms. The maximum absolute atomic E-state index is 11.9. The van der Waals surface area contributed by atoms with Gasteiger partial charge in [0.15, 0.2) is 0 Å². The largest absolute Gasteiger partial charge is 0.508 e. The molecule has 0 radical (unpaired) electrons. The molecule has 220 valence electrons.